The van der Waals surface area contributed by atoms with Crippen molar-refractivity contribution in [3.05, 3.63) is 0 Å². The van der Waals surface area contributed by atoms with Crippen LogP contribution in [0.3, 0.4) is 0 Å². The van der Waals surface area contributed by atoms with Crippen molar-refractivity contribution in [2.24, 2.45) is 0 Å². The number of rotatable bonds is 18. The molecule has 0 fully saturated rings. The first kappa shape index (κ1) is 23.9. The lowest BCUT2D eigenvalue weighted by molar-refractivity contribution is -0.873. The summed E-state index contributed by atoms with van der Waals surface area (Å²) in [5, 5.41) is 0. The molecule has 2 heteroatoms. The Labute approximate surface area is 153 Å². The van der Waals surface area contributed by atoms with Gasteiger partial charge in [0.2, 0.25) is 0 Å². The smallest absolute Gasteiger partial charge is 0.104 e. The Morgan fingerprint density at radius 3 is 1.38 bits per heavy atom. The van der Waals surface area contributed by atoms with Crippen LogP contribution in [0.1, 0.15) is 104 Å². The number of ether oxygens (including phenoxy) is 1. The average Bonchev–Trinajstić information content (AvgIpc) is 2.49. The van der Waals surface area contributed by atoms with Crippen LogP contribution in [0.25, 0.3) is 0 Å². The number of unbranched alkanes of at least 4 members (excludes halogenated alkanes) is 13. The van der Waals surface area contributed by atoms with E-state index in [2.05, 4.69) is 35.0 Å². The average molecular weight is 343 g/mol. The second kappa shape index (κ2) is 16.4. The summed E-state index contributed by atoms with van der Waals surface area (Å²) in [4.78, 5) is 0. The number of nitrogens with zero attached hydrogens (tertiary/aromatic N) is 1. The summed E-state index contributed by atoms with van der Waals surface area (Å²) in [6.07, 6.45) is 20.2. The highest BCUT2D eigenvalue weighted by atomic mass is 16.5. The number of quaternary nitrogens is 1. The quantitative estimate of drug-likeness (QED) is 0.202. The van der Waals surface area contributed by atoms with Gasteiger partial charge in [0, 0.05) is 6.61 Å². The second-order valence-corrected chi connectivity index (χ2v) is 8.75. The molecule has 146 valence electrons. The lowest BCUT2D eigenvalue weighted by Gasteiger charge is -2.27. The van der Waals surface area contributed by atoms with Crippen LogP contribution in [0.2, 0.25) is 0 Å². The van der Waals surface area contributed by atoms with E-state index in [4.69, 9.17) is 4.74 Å². The maximum absolute atomic E-state index is 5.91. The topological polar surface area (TPSA) is 9.23 Å². The molecular formula is C22H48NO+. The molecule has 0 aliphatic heterocycles. The molecule has 0 saturated carbocycles. The third-order valence-electron chi connectivity index (χ3n) is 4.71. The summed E-state index contributed by atoms with van der Waals surface area (Å²) in [6.45, 7) is 6.53. The lowest BCUT2D eigenvalue weighted by atomic mass is 10.0. The predicted octanol–water partition coefficient (Wildman–Crippen LogP) is 6.58. The first-order valence-corrected chi connectivity index (χ1v) is 10.9. The number of likely N-dealkylation sites (N-methyl/N-ethyl adjacent to an activating group) is 1. The summed E-state index contributed by atoms with van der Waals surface area (Å²) in [7, 11) is 6.69. The van der Waals surface area contributed by atoms with Crippen molar-refractivity contribution in [3.63, 3.8) is 0 Å². The molecule has 0 aliphatic rings. The summed E-state index contributed by atoms with van der Waals surface area (Å²) in [5.74, 6) is 0. The lowest BCUT2D eigenvalue weighted by Crippen LogP contribution is -2.41. The second-order valence-electron chi connectivity index (χ2n) is 8.75. The predicted molar refractivity (Wildman–Crippen MR) is 109 cm³/mol. The van der Waals surface area contributed by atoms with E-state index < -0.39 is 0 Å². The minimum Gasteiger partial charge on any atom is -0.373 e. The van der Waals surface area contributed by atoms with Gasteiger partial charge < -0.3 is 9.22 Å². The fourth-order valence-corrected chi connectivity index (χ4v) is 3.41. The molecule has 0 spiro atoms. The van der Waals surface area contributed by atoms with Crippen LogP contribution < -0.4 is 0 Å². The van der Waals surface area contributed by atoms with Gasteiger partial charge in [0.25, 0.3) is 0 Å². The van der Waals surface area contributed by atoms with Gasteiger partial charge >= 0.3 is 0 Å². The van der Waals surface area contributed by atoms with E-state index in [1.54, 1.807) is 0 Å². The zero-order chi connectivity index (χ0) is 18.1. The molecule has 0 heterocycles. The van der Waals surface area contributed by atoms with Crippen LogP contribution in [0.5, 0.6) is 0 Å². The van der Waals surface area contributed by atoms with Crippen molar-refractivity contribution >= 4 is 0 Å². The molecule has 2 nitrogen and oxygen atoms in total. The van der Waals surface area contributed by atoms with E-state index in [9.17, 15) is 0 Å². The van der Waals surface area contributed by atoms with E-state index in [-0.39, 0.29) is 0 Å². The van der Waals surface area contributed by atoms with Crippen LogP contribution in [-0.2, 0) is 4.74 Å². The molecule has 0 aromatic heterocycles. The summed E-state index contributed by atoms with van der Waals surface area (Å²) in [5.41, 5.74) is 0. The Balaban J connectivity index is 3.13. The maximum atomic E-state index is 5.91. The molecule has 0 amide bonds. The Bertz CT molecular complexity index is 247. The molecule has 1 unspecified atom stereocenters. The molecule has 0 aliphatic carbocycles. The van der Waals surface area contributed by atoms with Crippen LogP contribution in [0.4, 0.5) is 0 Å². The van der Waals surface area contributed by atoms with E-state index in [1.807, 2.05) is 0 Å². The highest BCUT2D eigenvalue weighted by Crippen LogP contribution is 2.13. The van der Waals surface area contributed by atoms with E-state index in [0.29, 0.717) is 6.10 Å². The van der Waals surface area contributed by atoms with Gasteiger partial charge in [-0.3, -0.25) is 0 Å². The van der Waals surface area contributed by atoms with Crippen molar-refractivity contribution in [3.8, 4) is 0 Å². The minimum absolute atomic E-state index is 0.381. The molecule has 0 aromatic carbocycles. The first-order valence-electron chi connectivity index (χ1n) is 10.9. The largest absolute Gasteiger partial charge is 0.373 e. The van der Waals surface area contributed by atoms with Crippen LogP contribution in [0.15, 0.2) is 0 Å². The van der Waals surface area contributed by atoms with Crippen LogP contribution >= 0.6 is 0 Å². The molecule has 0 N–H and O–H groups in total. The standard InChI is InChI=1S/C22H48NO/c1-6-7-8-9-10-11-12-13-14-15-16-17-18-19-20-24-22(2)21-23(3,4)5/h22H,6-21H2,1-5H3/q+1. The van der Waals surface area contributed by atoms with Gasteiger partial charge in [-0.15, -0.1) is 0 Å². The number of hydrogen-bond donors (Lipinski definition) is 0. The fraction of sp³-hybridized carbons (Fsp3) is 1.00. The summed E-state index contributed by atoms with van der Waals surface area (Å²) in [6, 6.07) is 0. The van der Waals surface area contributed by atoms with Gasteiger partial charge in [-0.05, 0) is 13.3 Å². The minimum atomic E-state index is 0.381. The molecule has 1 atom stereocenters. The molecule has 0 saturated heterocycles. The SMILES string of the molecule is CCCCCCCCCCCCCCCCOC(C)C[N+](C)(C)C. The normalized spacial score (nSPS) is 13.4. The molecular weight excluding hydrogens is 294 g/mol. The number of hydrogen-bond acceptors (Lipinski definition) is 1. The van der Waals surface area contributed by atoms with Crippen molar-refractivity contribution in [1.29, 1.82) is 0 Å². The van der Waals surface area contributed by atoms with Crippen molar-refractivity contribution in [1.82, 2.24) is 0 Å². The fourth-order valence-electron chi connectivity index (χ4n) is 3.41. The Kier molecular flexibility index (Phi) is 16.3. The summed E-state index contributed by atoms with van der Waals surface area (Å²) < 4.78 is 6.90. The van der Waals surface area contributed by atoms with E-state index in [0.717, 1.165) is 17.6 Å². The Hall–Kier alpha value is -0.0800. The van der Waals surface area contributed by atoms with Crippen molar-refractivity contribution < 1.29 is 9.22 Å². The van der Waals surface area contributed by atoms with Crippen molar-refractivity contribution in [2.75, 3.05) is 34.3 Å². The van der Waals surface area contributed by atoms with Gasteiger partial charge in [-0.25, -0.2) is 0 Å². The molecule has 0 radical (unpaired) electrons. The third kappa shape index (κ3) is 20.0. The van der Waals surface area contributed by atoms with Gasteiger partial charge in [0.1, 0.15) is 12.6 Å². The van der Waals surface area contributed by atoms with Crippen molar-refractivity contribution in [2.45, 2.75) is 110 Å². The monoisotopic (exact) mass is 342 g/mol. The van der Waals surface area contributed by atoms with E-state index >= 15 is 0 Å². The third-order valence-corrected chi connectivity index (χ3v) is 4.71. The highest BCUT2D eigenvalue weighted by molar-refractivity contribution is 4.51. The van der Waals surface area contributed by atoms with Crippen LogP contribution in [0, 0.1) is 0 Å². The van der Waals surface area contributed by atoms with Gasteiger partial charge in [0.05, 0.1) is 21.1 Å². The zero-order valence-corrected chi connectivity index (χ0v) is 17.7. The highest BCUT2D eigenvalue weighted by Gasteiger charge is 2.13. The zero-order valence-electron chi connectivity index (χ0n) is 17.7. The first-order chi connectivity index (χ1) is 11.5. The van der Waals surface area contributed by atoms with Crippen LogP contribution in [-0.4, -0.2) is 44.9 Å². The molecule has 0 bridgehead atoms. The van der Waals surface area contributed by atoms with Gasteiger partial charge in [0.15, 0.2) is 0 Å². The van der Waals surface area contributed by atoms with E-state index in [1.165, 1.54) is 89.9 Å². The molecule has 0 rings (SSSR count). The summed E-state index contributed by atoms with van der Waals surface area (Å²) >= 11 is 0. The maximum Gasteiger partial charge on any atom is 0.104 e. The van der Waals surface area contributed by atoms with Gasteiger partial charge in [-0.1, -0.05) is 90.4 Å². The Morgan fingerprint density at radius 2 is 1.00 bits per heavy atom. The molecule has 0 aromatic rings. The Morgan fingerprint density at radius 1 is 0.625 bits per heavy atom. The van der Waals surface area contributed by atoms with Gasteiger partial charge in [-0.2, -0.15) is 0 Å². The molecule has 24 heavy (non-hydrogen) atoms.